The van der Waals surface area contributed by atoms with Gasteiger partial charge in [0, 0.05) is 12.1 Å². The second-order valence-electron chi connectivity index (χ2n) is 7.20. The molecule has 0 aliphatic carbocycles. The third-order valence-corrected chi connectivity index (χ3v) is 4.88. The summed E-state index contributed by atoms with van der Waals surface area (Å²) >= 11 is 0. The quantitative estimate of drug-likeness (QED) is 0.519. The standard InChI is InChI=1S/C22H20O5/c1-11(2)14-5-7-15(8-6-14)18-19-16(9-12(3)25-21(19)23)27-17-10-13(4)26-22(24)20(17)18/h5-11,18H,1-4H3. The summed E-state index contributed by atoms with van der Waals surface area (Å²) < 4.78 is 16.5. The predicted molar refractivity (Wildman–Crippen MR) is 101 cm³/mol. The van der Waals surface area contributed by atoms with E-state index in [9.17, 15) is 9.59 Å². The van der Waals surface area contributed by atoms with Crippen LogP contribution in [0.3, 0.4) is 0 Å². The first-order valence-electron chi connectivity index (χ1n) is 8.92. The maximum absolute atomic E-state index is 12.7. The van der Waals surface area contributed by atoms with Crippen molar-refractivity contribution in [3.63, 3.8) is 0 Å². The molecule has 0 N–H and O–H groups in total. The van der Waals surface area contributed by atoms with E-state index in [1.54, 1.807) is 26.0 Å². The van der Waals surface area contributed by atoms with E-state index in [0.29, 0.717) is 40.1 Å². The summed E-state index contributed by atoms with van der Waals surface area (Å²) in [6, 6.07) is 11.3. The van der Waals surface area contributed by atoms with Crippen molar-refractivity contribution in [2.24, 2.45) is 0 Å². The van der Waals surface area contributed by atoms with Crippen LogP contribution in [-0.2, 0) is 0 Å². The summed E-state index contributed by atoms with van der Waals surface area (Å²) in [5.41, 5.74) is 1.63. The lowest BCUT2D eigenvalue weighted by Gasteiger charge is -2.26. The molecule has 0 amide bonds. The zero-order valence-corrected chi connectivity index (χ0v) is 15.7. The summed E-state index contributed by atoms with van der Waals surface area (Å²) in [5.74, 6) is 1.53. The third-order valence-electron chi connectivity index (χ3n) is 4.88. The Labute approximate surface area is 156 Å². The topological polar surface area (TPSA) is 69.7 Å². The van der Waals surface area contributed by atoms with Gasteiger partial charge in [-0.1, -0.05) is 38.1 Å². The van der Waals surface area contributed by atoms with Crippen LogP contribution in [-0.4, -0.2) is 0 Å². The van der Waals surface area contributed by atoms with Gasteiger partial charge in [-0.3, -0.25) is 0 Å². The molecule has 0 bridgehead atoms. The molecule has 0 saturated carbocycles. The molecule has 1 aromatic carbocycles. The highest BCUT2D eigenvalue weighted by atomic mass is 16.5. The second-order valence-corrected chi connectivity index (χ2v) is 7.20. The van der Waals surface area contributed by atoms with Gasteiger partial charge in [0.2, 0.25) is 0 Å². The molecule has 138 valence electrons. The van der Waals surface area contributed by atoms with E-state index in [4.69, 9.17) is 13.6 Å². The molecular weight excluding hydrogens is 344 g/mol. The number of aryl methyl sites for hydroxylation is 2. The van der Waals surface area contributed by atoms with Gasteiger partial charge in [-0.2, -0.15) is 0 Å². The van der Waals surface area contributed by atoms with Crippen molar-refractivity contribution >= 4 is 0 Å². The zero-order valence-electron chi connectivity index (χ0n) is 15.7. The second kappa shape index (κ2) is 6.27. The Hall–Kier alpha value is -3.08. The molecule has 4 rings (SSSR count). The van der Waals surface area contributed by atoms with Crippen LogP contribution in [0.1, 0.15) is 59.5 Å². The lowest BCUT2D eigenvalue weighted by atomic mass is 9.83. The molecule has 27 heavy (non-hydrogen) atoms. The van der Waals surface area contributed by atoms with Gasteiger partial charge < -0.3 is 13.6 Å². The summed E-state index contributed by atoms with van der Waals surface area (Å²) in [6.45, 7) is 7.61. The van der Waals surface area contributed by atoms with Gasteiger partial charge in [0.15, 0.2) is 0 Å². The lowest BCUT2D eigenvalue weighted by Crippen LogP contribution is -2.26. The summed E-state index contributed by atoms with van der Waals surface area (Å²) in [7, 11) is 0. The number of benzene rings is 1. The number of rotatable bonds is 2. The van der Waals surface area contributed by atoms with Crippen LogP contribution in [0.25, 0.3) is 0 Å². The highest BCUT2D eigenvalue weighted by molar-refractivity contribution is 5.56. The Morgan fingerprint density at radius 1 is 0.815 bits per heavy atom. The SMILES string of the molecule is Cc1cc2c(c(=O)o1)C(c1ccc(C(C)C)cc1)c1c(cc(C)oc1=O)O2. The number of fused-ring (bicyclic) bond motifs is 2. The molecule has 0 unspecified atom stereocenters. The molecule has 3 aromatic rings. The minimum Gasteiger partial charge on any atom is -0.456 e. The van der Waals surface area contributed by atoms with E-state index < -0.39 is 17.2 Å². The predicted octanol–water partition coefficient (Wildman–Crippen LogP) is 4.62. The molecular formula is C22H20O5. The summed E-state index contributed by atoms with van der Waals surface area (Å²) in [5, 5.41) is 0. The van der Waals surface area contributed by atoms with Crippen molar-refractivity contribution in [1.29, 1.82) is 0 Å². The number of hydrogen-bond acceptors (Lipinski definition) is 5. The third kappa shape index (κ3) is 2.89. The van der Waals surface area contributed by atoms with E-state index in [-0.39, 0.29) is 0 Å². The Kier molecular flexibility index (Phi) is 4.02. The lowest BCUT2D eigenvalue weighted by molar-refractivity contribution is 0.389. The van der Waals surface area contributed by atoms with Gasteiger partial charge >= 0.3 is 11.3 Å². The van der Waals surface area contributed by atoms with Gasteiger partial charge in [0.25, 0.3) is 0 Å². The average Bonchev–Trinajstić information content (AvgIpc) is 2.59. The Balaban J connectivity index is 2.00. The van der Waals surface area contributed by atoms with E-state index in [0.717, 1.165) is 5.56 Å². The summed E-state index contributed by atoms with van der Waals surface area (Å²) in [6.07, 6.45) is 0. The van der Waals surface area contributed by atoms with Crippen molar-refractivity contribution < 1.29 is 13.6 Å². The smallest absolute Gasteiger partial charge is 0.343 e. The highest BCUT2D eigenvalue weighted by Crippen LogP contribution is 2.44. The monoisotopic (exact) mass is 364 g/mol. The molecule has 5 nitrogen and oxygen atoms in total. The fraction of sp³-hybridized carbons (Fsp3) is 0.273. The molecule has 0 spiro atoms. The van der Waals surface area contributed by atoms with Gasteiger partial charge in [-0.15, -0.1) is 0 Å². The van der Waals surface area contributed by atoms with Crippen molar-refractivity contribution in [2.75, 3.05) is 0 Å². The molecule has 1 aliphatic heterocycles. The van der Waals surface area contributed by atoms with Gasteiger partial charge in [-0.05, 0) is 30.9 Å². The molecule has 3 heterocycles. The maximum Gasteiger partial charge on any atom is 0.343 e. The molecule has 0 atom stereocenters. The number of ether oxygens (including phenoxy) is 1. The van der Waals surface area contributed by atoms with Crippen molar-refractivity contribution in [1.82, 2.24) is 0 Å². The zero-order chi connectivity index (χ0) is 19.3. The van der Waals surface area contributed by atoms with Crippen molar-refractivity contribution in [3.05, 3.63) is 91.0 Å². The van der Waals surface area contributed by atoms with Crippen LogP contribution in [0.15, 0.2) is 54.8 Å². The Morgan fingerprint density at radius 3 is 1.74 bits per heavy atom. The molecule has 1 aliphatic rings. The fourth-order valence-electron chi connectivity index (χ4n) is 3.55. The minimum absolute atomic E-state index is 0.321. The van der Waals surface area contributed by atoms with Crippen LogP contribution in [0.4, 0.5) is 0 Å². The van der Waals surface area contributed by atoms with Crippen LogP contribution in [0.2, 0.25) is 0 Å². The first kappa shape index (κ1) is 17.3. The molecule has 2 aromatic heterocycles. The Bertz CT molecular complexity index is 1070. The highest BCUT2D eigenvalue weighted by Gasteiger charge is 2.35. The maximum atomic E-state index is 12.7. The molecule has 0 saturated heterocycles. The molecule has 0 radical (unpaired) electrons. The first-order valence-corrected chi connectivity index (χ1v) is 8.92. The van der Waals surface area contributed by atoms with Crippen molar-refractivity contribution in [2.45, 2.75) is 39.5 Å². The van der Waals surface area contributed by atoms with Crippen LogP contribution < -0.4 is 16.0 Å². The van der Waals surface area contributed by atoms with E-state index >= 15 is 0 Å². The van der Waals surface area contributed by atoms with E-state index in [1.165, 1.54) is 5.56 Å². The molecule has 5 heteroatoms. The molecule has 0 fully saturated rings. The van der Waals surface area contributed by atoms with Gasteiger partial charge in [0.05, 0.1) is 17.0 Å². The van der Waals surface area contributed by atoms with Crippen LogP contribution in [0, 0.1) is 13.8 Å². The van der Waals surface area contributed by atoms with E-state index in [2.05, 4.69) is 13.8 Å². The van der Waals surface area contributed by atoms with Gasteiger partial charge in [0.1, 0.15) is 23.0 Å². The average molecular weight is 364 g/mol. The summed E-state index contributed by atoms with van der Waals surface area (Å²) in [4.78, 5) is 25.3. The van der Waals surface area contributed by atoms with Gasteiger partial charge in [-0.25, -0.2) is 9.59 Å². The van der Waals surface area contributed by atoms with E-state index in [1.807, 2.05) is 24.3 Å². The minimum atomic E-state index is -0.598. The Morgan fingerprint density at radius 2 is 1.30 bits per heavy atom. The largest absolute Gasteiger partial charge is 0.456 e. The fourth-order valence-corrected chi connectivity index (χ4v) is 3.55. The number of hydrogen-bond donors (Lipinski definition) is 0. The first-order chi connectivity index (χ1) is 12.8. The normalized spacial score (nSPS) is 13.2. The van der Waals surface area contributed by atoms with Crippen LogP contribution in [0.5, 0.6) is 11.5 Å². The van der Waals surface area contributed by atoms with Crippen LogP contribution >= 0.6 is 0 Å². The van der Waals surface area contributed by atoms with Crippen molar-refractivity contribution in [3.8, 4) is 11.5 Å².